The summed E-state index contributed by atoms with van der Waals surface area (Å²) in [6.07, 6.45) is 3.06. The Morgan fingerprint density at radius 3 is 2.79 bits per heavy atom. The Balaban J connectivity index is 2.48. The minimum atomic E-state index is -1.20. The van der Waals surface area contributed by atoms with Crippen molar-refractivity contribution in [1.82, 2.24) is 10.3 Å². The monoisotopic (exact) mass is 278 g/mol. The van der Waals surface area contributed by atoms with Gasteiger partial charge in [-0.2, -0.15) is 0 Å². The number of halogens is 1. The molecule has 0 saturated carbocycles. The van der Waals surface area contributed by atoms with Gasteiger partial charge in [-0.25, -0.2) is 4.79 Å². The number of benzene rings is 1. The molecule has 5 nitrogen and oxygen atoms in total. The lowest BCUT2D eigenvalue weighted by atomic mass is 10.1. The number of rotatable bonds is 3. The number of aliphatic carboxylic acids is 1. The minimum absolute atomic E-state index is 0.177. The minimum Gasteiger partial charge on any atom is -0.477 e. The number of amides is 1. The van der Waals surface area contributed by atoms with E-state index in [0.717, 1.165) is 10.9 Å². The van der Waals surface area contributed by atoms with Crippen LogP contribution in [0.3, 0.4) is 0 Å². The van der Waals surface area contributed by atoms with Crippen molar-refractivity contribution in [3.05, 3.63) is 40.7 Å². The standard InChI is InChI=1S/C13H11ClN2O3/c1-7(17)16-12(13(18)19)4-8-6-15-11-5-9(14)2-3-10(8)11/h2-6,15H,1H3,(H,16,17)(H,18,19). The molecule has 1 amide bonds. The molecule has 0 unspecified atom stereocenters. The average molecular weight is 279 g/mol. The third-order valence-electron chi connectivity index (χ3n) is 2.52. The van der Waals surface area contributed by atoms with E-state index in [1.807, 2.05) is 0 Å². The molecule has 0 radical (unpaired) electrons. The summed E-state index contributed by atoms with van der Waals surface area (Å²) in [6.45, 7) is 1.26. The van der Waals surface area contributed by atoms with Crippen molar-refractivity contribution in [2.24, 2.45) is 0 Å². The molecule has 1 aromatic heterocycles. The summed E-state index contributed by atoms with van der Waals surface area (Å²) >= 11 is 5.87. The SMILES string of the molecule is CC(=O)NC(=Cc1c[nH]c2cc(Cl)ccc12)C(=O)O. The second-order valence-electron chi connectivity index (χ2n) is 3.98. The van der Waals surface area contributed by atoms with Gasteiger partial charge in [0.2, 0.25) is 5.91 Å². The Hall–Kier alpha value is -2.27. The Bertz CT molecular complexity index is 688. The molecule has 0 aliphatic heterocycles. The number of hydrogen-bond donors (Lipinski definition) is 3. The van der Waals surface area contributed by atoms with E-state index in [9.17, 15) is 9.59 Å². The number of nitrogens with one attached hydrogen (secondary N) is 2. The maximum atomic E-state index is 11.0. The zero-order valence-electron chi connectivity index (χ0n) is 10.0. The van der Waals surface area contributed by atoms with Gasteiger partial charge in [0.25, 0.3) is 0 Å². The highest BCUT2D eigenvalue weighted by molar-refractivity contribution is 6.31. The Morgan fingerprint density at radius 1 is 1.42 bits per heavy atom. The molecule has 1 heterocycles. The summed E-state index contributed by atoms with van der Waals surface area (Å²) in [5.41, 5.74) is 1.28. The molecule has 0 aliphatic carbocycles. The lowest BCUT2D eigenvalue weighted by molar-refractivity contribution is -0.134. The van der Waals surface area contributed by atoms with Gasteiger partial charge in [0.05, 0.1) is 0 Å². The van der Waals surface area contributed by atoms with Crippen molar-refractivity contribution in [1.29, 1.82) is 0 Å². The first kappa shape index (κ1) is 13.2. The van der Waals surface area contributed by atoms with E-state index in [4.69, 9.17) is 16.7 Å². The molecule has 0 fully saturated rings. The summed E-state index contributed by atoms with van der Waals surface area (Å²) in [4.78, 5) is 25.0. The van der Waals surface area contributed by atoms with E-state index in [-0.39, 0.29) is 5.70 Å². The lowest BCUT2D eigenvalue weighted by Gasteiger charge is -2.02. The van der Waals surface area contributed by atoms with Gasteiger partial charge in [-0.1, -0.05) is 17.7 Å². The zero-order valence-corrected chi connectivity index (χ0v) is 10.8. The zero-order chi connectivity index (χ0) is 14.0. The average Bonchev–Trinajstić information content (AvgIpc) is 2.70. The van der Waals surface area contributed by atoms with Crippen LogP contribution in [0.4, 0.5) is 0 Å². The first-order valence-corrected chi connectivity index (χ1v) is 5.84. The molecule has 0 atom stereocenters. The van der Waals surface area contributed by atoms with Crippen molar-refractivity contribution in [2.75, 3.05) is 0 Å². The number of hydrogen-bond acceptors (Lipinski definition) is 2. The molecular formula is C13H11ClN2O3. The van der Waals surface area contributed by atoms with Crippen LogP contribution in [0.25, 0.3) is 17.0 Å². The topological polar surface area (TPSA) is 82.2 Å². The largest absolute Gasteiger partial charge is 0.477 e. The first-order chi connectivity index (χ1) is 8.97. The summed E-state index contributed by atoms with van der Waals surface area (Å²) in [5.74, 6) is -1.63. The second kappa shape index (κ2) is 5.16. The summed E-state index contributed by atoms with van der Waals surface area (Å²) in [6, 6.07) is 5.24. The first-order valence-electron chi connectivity index (χ1n) is 5.46. The van der Waals surface area contributed by atoms with E-state index >= 15 is 0 Å². The van der Waals surface area contributed by atoms with E-state index in [1.54, 1.807) is 24.4 Å². The quantitative estimate of drug-likeness (QED) is 0.754. The van der Waals surface area contributed by atoms with E-state index in [0.29, 0.717) is 10.6 Å². The second-order valence-corrected chi connectivity index (χ2v) is 4.41. The molecule has 1 aromatic carbocycles. The number of H-pyrrole nitrogens is 1. The number of fused-ring (bicyclic) bond motifs is 1. The van der Waals surface area contributed by atoms with Crippen LogP contribution < -0.4 is 5.32 Å². The smallest absolute Gasteiger partial charge is 0.352 e. The van der Waals surface area contributed by atoms with Gasteiger partial charge in [-0.3, -0.25) is 4.79 Å². The molecule has 2 aromatic rings. The molecule has 3 N–H and O–H groups in total. The molecule has 19 heavy (non-hydrogen) atoms. The molecule has 6 heteroatoms. The molecule has 0 spiro atoms. The lowest BCUT2D eigenvalue weighted by Crippen LogP contribution is -2.24. The van der Waals surface area contributed by atoms with E-state index in [2.05, 4.69) is 10.3 Å². The van der Waals surface area contributed by atoms with Crippen molar-refractivity contribution >= 4 is 40.5 Å². The summed E-state index contributed by atoms with van der Waals surface area (Å²) < 4.78 is 0. The van der Waals surface area contributed by atoms with Crippen LogP contribution in [0.15, 0.2) is 30.1 Å². The van der Waals surface area contributed by atoms with Gasteiger partial charge >= 0.3 is 5.97 Å². The van der Waals surface area contributed by atoms with Crippen LogP contribution in [0.2, 0.25) is 5.02 Å². The van der Waals surface area contributed by atoms with Crippen LogP contribution in [0.5, 0.6) is 0 Å². The van der Waals surface area contributed by atoms with Crippen LogP contribution in [-0.4, -0.2) is 22.0 Å². The van der Waals surface area contributed by atoms with Crippen molar-refractivity contribution in [3.8, 4) is 0 Å². The molecule has 0 aliphatic rings. The normalized spacial score (nSPS) is 11.6. The van der Waals surface area contributed by atoms with Gasteiger partial charge < -0.3 is 15.4 Å². The van der Waals surface area contributed by atoms with Crippen LogP contribution in [0, 0.1) is 0 Å². The molecule has 0 saturated heterocycles. The molecule has 0 bridgehead atoms. The Kier molecular flexibility index (Phi) is 3.57. The fraction of sp³-hybridized carbons (Fsp3) is 0.0769. The van der Waals surface area contributed by atoms with Gasteiger partial charge in [0, 0.05) is 34.6 Å². The van der Waals surface area contributed by atoms with Crippen LogP contribution >= 0.6 is 11.6 Å². The van der Waals surface area contributed by atoms with Crippen molar-refractivity contribution < 1.29 is 14.7 Å². The third kappa shape index (κ3) is 2.95. The number of carbonyl (C=O) groups excluding carboxylic acids is 1. The van der Waals surface area contributed by atoms with Crippen molar-refractivity contribution in [2.45, 2.75) is 6.92 Å². The Morgan fingerprint density at radius 2 is 2.16 bits per heavy atom. The van der Waals surface area contributed by atoms with E-state index < -0.39 is 11.9 Å². The predicted octanol–water partition coefficient (Wildman–Crippen LogP) is 2.38. The van der Waals surface area contributed by atoms with Crippen LogP contribution in [-0.2, 0) is 9.59 Å². The van der Waals surface area contributed by atoms with Gasteiger partial charge in [-0.15, -0.1) is 0 Å². The fourth-order valence-electron chi connectivity index (χ4n) is 1.74. The number of carboxylic acid groups (broad SMARTS) is 1. The fourth-order valence-corrected chi connectivity index (χ4v) is 1.91. The number of carbonyl (C=O) groups is 2. The van der Waals surface area contributed by atoms with Gasteiger partial charge in [-0.05, 0) is 18.2 Å². The molecule has 98 valence electrons. The van der Waals surface area contributed by atoms with Gasteiger partial charge in [0.15, 0.2) is 0 Å². The molecular weight excluding hydrogens is 268 g/mol. The predicted molar refractivity (Wildman–Crippen MR) is 72.7 cm³/mol. The summed E-state index contributed by atoms with van der Waals surface area (Å²) in [7, 11) is 0. The van der Waals surface area contributed by atoms with Gasteiger partial charge in [0.1, 0.15) is 5.70 Å². The van der Waals surface area contributed by atoms with E-state index in [1.165, 1.54) is 13.0 Å². The highest BCUT2D eigenvalue weighted by Gasteiger charge is 2.10. The maximum Gasteiger partial charge on any atom is 0.352 e. The van der Waals surface area contributed by atoms with Crippen LogP contribution in [0.1, 0.15) is 12.5 Å². The summed E-state index contributed by atoms with van der Waals surface area (Å²) in [5, 5.41) is 12.7. The van der Waals surface area contributed by atoms with Crippen molar-refractivity contribution in [3.63, 3.8) is 0 Å². The number of carboxylic acids is 1. The number of aromatic nitrogens is 1. The highest BCUT2D eigenvalue weighted by Crippen LogP contribution is 2.23. The Labute approximate surface area is 113 Å². The maximum absolute atomic E-state index is 11.0. The number of aromatic amines is 1. The third-order valence-corrected chi connectivity index (χ3v) is 2.75. The molecule has 2 rings (SSSR count). The highest BCUT2D eigenvalue weighted by atomic mass is 35.5.